The van der Waals surface area contributed by atoms with Crippen LogP contribution in [0.4, 0.5) is 5.00 Å². The Kier molecular flexibility index (Phi) is 6.32. The fourth-order valence-corrected chi connectivity index (χ4v) is 3.31. The number of nitrogens with zero attached hydrogens (tertiary/aromatic N) is 1. The fourth-order valence-electron chi connectivity index (χ4n) is 2.25. The summed E-state index contributed by atoms with van der Waals surface area (Å²) >= 11 is 0.989. The van der Waals surface area contributed by atoms with Crippen LogP contribution in [0, 0.1) is 6.92 Å². The van der Waals surface area contributed by atoms with Crippen LogP contribution < -0.4 is 5.32 Å². The molecule has 0 fully saturated rings. The minimum absolute atomic E-state index is 0.158. The summed E-state index contributed by atoms with van der Waals surface area (Å²) in [5.41, 5.74) is 0.269. The highest BCUT2D eigenvalue weighted by Crippen LogP contribution is 2.35. The topological polar surface area (TPSA) is 94.6 Å². The molecular formula is C19H22N2O5S. The molecule has 0 bridgehead atoms. The van der Waals surface area contributed by atoms with E-state index in [9.17, 15) is 14.4 Å². The zero-order chi connectivity index (χ0) is 20.2. The Bertz CT molecular complexity index is 853. The molecule has 0 aliphatic carbocycles. The average molecular weight is 390 g/mol. The molecule has 0 spiro atoms. The van der Waals surface area contributed by atoms with Crippen molar-refractivity contribution in [1.29, 1.82) is 0 Å². The van der Waals surface area contributed by atoms with Crippen LogP contribution in [-0.4, -0.2) is 35.0 Å². The van der Waals surface area contributed by atoms with Gasteiger partial charge in [-0.25, -0.2) is 9.59 Å². The minimum atomic E-state index is -0.682. The summed E-state index contributed by atoms with van der Waals surface area (Å²) in [5, 5.41) is 2.93. The van der Waals surface area contributed by atoms with Gasteiger partial charge in [-0.05, 0) is 52.3 Å². The van der Waals surface area contributed by atoms with Crippen molar-refractivity contribution >= 4 is 34.2 Å². The maximum absolute atomic E-state index is 12.5. The highest BCUT2D eigenvalue weighted by atomic mass is 32.1. The van der Waals surface area contributed by atoms with E-state index in [1.807, 2.05) is 0 Å². The maximum Gasteiger partial charge on any atom is 0.349 e. The third-order valence-corrected chi connectivity index (χ3v) is 4.57. The lowest BCUT2D eigenvalue weighted by molar-refractivity contribution is 0.00744. The summed E-state index contributed by atoms with van der Waals surface area (Å²) in [6.07, 6.45) is 2.99. The number of anilines is 1. The van der Waals surface area contributed by atoms with E-state index in [1.165, 1.54) is 12.4 Å². The Hall–Kier alpha value is -2.74. The van der Waals surface area contributed by atoms with E-state index in [0.29, 0.717) is 11.1 Å². The SMILES string of the molecule is CCOC(=O)c1c(NC(=O)c2ccncc2)sc(C(=O)OC(C)(C)C)c1C. The Labute approximate surface area is 161 Å². The number of thiophene rings is 1. The molecule has 1 amide bonds. The molecule has 8 heteroatoms. The molecule has 0 aromatic carbocycles. The van der Waals surface area contributed by atoms with Crippen LogP contribution in [0.15, 0.2) is 24.5 Å². The van der Waals surface area contributed by atoms with Crippen LogP contribution in [0.2, 0.25) is 0 Å². The maximum atomic E-state index is 12.5. The van der Waals surface area contributed by atoms with Crippen LogP contribution in [-0.2, 0) is 9.47 Å². The van der Waals surface area contributed by atoms with Crippen molar-refractivity contribution in [3.8, 4) is 0 Å². The summed E-state index contributed by atoms with van der Waals surface area (Å²) < 4.78 is 10.5. The average Bonchev–Trinajstić information content (AvgIpc) is 2.90. The highest BCUT2D eigenvalue weighted by Gasteiger charge is 2.29. The smallest absolute Gasteiger partial charge is 0.349 e. The van der Waals surface area contributed by atoms with Gasteiger partial charge in [-0.15, -0.1) is 11.3 Å². The van der Waals surface area contributed by atoms with Crippen LogP contribution in [0.5, 0.6) is 0 Å². The van der Waals surface area contributed by atoms with Crippen LogP contribution in [0.3, 0.4) is 0 Å². The first kappa shape index (κ1) is 20.6. The van der Waals surface area contributed by atoms with E-state index in [0.717, 1.165) is 11.3 Å². The molecule has 27 heavy (non-hydrogen) atoms. The molecule has 0 unspecified atom stereocenters. The van der Waals surface area contributed by atoms with Gasteiger partial charge >= 0.3 is 11.9 Å². The number of esters is 2. The third-order valence-electron chi connectivity index (χ3n) is 3.38. The summed E-state index contributed by atoms with van der Waals surface area (Å²) in [5.74, 6) is -1.58. The van der Waals surface area contributed by atoms with Gasteiger partial charge in [0.1, 0.15) is 15.5 Å². The number of carbonyl (C=O) groups excluding carboxylic acids is 3. The van der Waals surface area contributed by atoms with Gasteiger partial charge in [-0.2, -0.15) is 0 Å². The van der Waals surface area contributed by atoms with Crippen molar-refractivity contribution in [2.24, 2.45) is 0 Å². The third kappa shape index (κ3) is 5.13. The van der Waals surface area contributed by atoms with Gasteiger partial charge in [0.2, 0.25) is 0 Å². The van der Waals surface area contributed by atoms with Crippen LogP contribution in [0.1, 0.15) is 63.6 Å². The zero-order valence-corrected chi connectivity index (χ0v) is 16.7. The first-order valence-corrected chi connectivity index (χ1v) is 9.21. The molecule has 7 nitrogen and oxygen atoms in total. The van der Waals surface area contributed by atoms with Crippen molar-refractivity contribution in [1.82, 2.24) is 4.98 Å². The van der Waals surface area contributed by atoms with E-state index in [4.69, 9.17) is 9.47 Å². The molecule has 2 heterocycles. The molecule has 0 aliphatic heterocycles. The van der Waals surface area contributed by atoms with E-state index >= 15 is 0 Å². The Morgan fingerprint density at radius 1 is 1.15 bits per heavy atom. The van der Waals surface area contributed by atoms with E-state index in [1.54, 1.807) is 46.8 Å². The summed E-state index contributed by atoms with van der Waals surface area (Å²) in [7, 11) is 0. The van der Waals surface area contributed by atoms with Gasteiger partial charge in [0, 0.05) is 18.0 Å². The molecule has 0 radical (unpaired) electrons. The fraction of sp³-hybridized carbons (Fsp3) is 0.368. The summed E-state index contributed by atoms with van der Waals surface area (Å²) in [6, 6.07) is 3.10. The van der Waals surface area contributed by atoms with Gasteiger partial charge in [-0.1, -0.05) is 0 Å². The van der Waals surface area contributed by atoms with E-state index in [-0.39, 0.29) is 22.0 Å². The standard InChI is InChI=1S/C19H22N2O5S/c1-6-25-17(23)13-11(2)14(18(24)26-19(3,4)5)27-16(13)21-15(22)12-7-9-20-10-8-12/h7-10H,6H2,1-5H3,(H,21,22). The molecule has 2 aromatic rings. The van der Waals surface area contributed by atoms with Crippen LogP contribution in [0.25, 0.3) is 0 Å². The predicted molar refractivity (Wildman–Crippen MR) is 102 cm³/mol. The van der Waals surface area contributed by atoms with Crippen LogP contribution >= 0.6 is 11.3 Å². The predicted octanol–water partition coefficient (Wildman–Crippen LogP) is 3.84. The molecule has 0 saturated carbocycles. The number of carbonyl (C=O) groups is 3. The first-order chi connectivity index (χ1) is 12.6. The van der Waals surface area contributed by atoms with Gasteiger partial charge in [0.05, 0.1) is 12.2 Å². The Morgan fingerprint density at radius 2 is 1.78 bits per heavy atom. The summed E-state index contributed by atoms with van der Waals surface area (Å²) in [6.45, 7) is 8.76. The minimum Gasteiger partial charge on any atom is -0.462 e. The molecule has 0 aliphatic rings. The number of nitrogens with one attached hydrogen (secondary N) is 1. The molecule has 2 aromatic heterocycles. The second kappa shape index (κ2) is 8.30. The van der Waals surface area contributed by atoms with E-state index in [2.05, 4.69) is 10.3 Å². The largest absolute Gasteiger partial charge is 0.462 e. The number of ether oxygens (including phenoxy) is 2. The number of rotatable bonds is 5. The van der Waals surface area contributed by atoms with E-state index < -0.39 is 23.4 Å². The molecule has 0 saturated heterocycles. The van der Waals surface area contributed by atoms with Gasteiger partial charge < -0.3 is 14.8 Å². The Morgan fingerprint density at radius 3 is 2.33 bits per heavy atom. The number of hydrogen-bond donors (Lipinski definition) is 1. The molecule has 1 N–H and O–H groups in total. The molecule has 0 atom stereocenters. The lowest BCUT2D eigenvalue weighted by atomic mass is 10.1. The number of pyridine rings is 1. The quantitative estimate of drug-likeness (QED) is 0.780. The van der Waals surface area contributed by atoms with Crippen molar-refractivity contribution < 1.29 is 23.9 Å². The van der Waals surface area contributed by atoms with Crippen molar-refractivity contribution in [2.75, 3.05) is 11.9 Å². The number of hydrogen-bond acceptors (Lipinski definition) is 7. The Balaban J connectivity index is 2.42. The van der Waals surface area contributed by atoms with Gasteiger partial charge in [-0.3, -0.25) is 9.78 Å². The lowest BCUT2D eigenvalue weighted by Crippen LogP contribution is -2.23. The normalized spacial score (nSPS) is 11.0. The first-order valence-electron chi connectivity index (χ1n) is 8.39. The highest BCUT2D eigenvalue weighted by molar-refractivity contribution is 7.18. The van der Waals surface area contributed by atoms with Crippen molar-refractivity contribution in [2.45, 2.75) is 40.2 Å². The molecular weight excluding hydrogens is 368 g/mol. The zero-order valence-electron chi connectivity index (χ0n) is 15.9. The second-order valence-electron chi connectivity index (χ2n) is 6.67. The van der Waals surface area contributed by atoms with Gasteiger partial charge in [0.15, 0.2) is 0 Å². The number of amides is 1. The molecule has 144 valence electrons. The second-order valence-corrected chi connectivity index (χ2v) is 7.69. The monoisotopic (exact) mass is 390 g/mol. The number of aromatic nitrogens is 1. The van der Waals surface area contributed by atoms with Crippen molar-refractivity contribution in [3.05, 3.63) is 46.1 Å². The molecule has 2 rings (SSSR count). The summed E-state index contributed by atoms with van der Waals surface area (Å²) in [4.78, 5) is 41.5. The lowest BCUT2D eigenvalue weighted by Gasteiger charge is -2.19. The van der Waals surface area contributed by atoms with Gasteiger partial charge in [0.25, 0.3) is 5.91 Å². The van der Waals surface area contributed by atoms with Crippen molar-refractivity contribution in [3.63, 3.8) is 0 Å².